The molecule has 0 aromatic heterocycles. The van der Waals surface area contributed by atoms with Crippen molar-refractivity contribution in [3.05, 3.63) is 59.2 Å². The summed E-state index contributed by atoms with van der Waals surface area (Å²) in [4.78, 5) is 13.8. The molecule has 0 radical (unpaired) electrons. The fourth-order valence-corrected chi connectivity index (χ4v) is 2.13. The van der Waals surface area contributed by atoms with Crippen molar-refractivity contribution in [2.24, 2.45) is 0 Å². The number of nitrogens with one attached hydrogen (secondary N) is 1. The van der Waals surface area contributed by atoms with Gasteiger partial charge in [-0.15, -0.1) is 0 Å². The van der Waals surface area contributed by atoms with Crippen molar-refractivity contribution < 1.29 is 4.79 Å². The van der Waals surface area contributed by atoms with Crippen molar-refractivity contribution in [3.63, 3.8) is 0 Å². The number of carbonyl (C=O) groups excluding carboxylic acids is 1. The van der Waals surface area contributed by atoms with Crippen LogP contribution in [0.3, 0.4) is 0 Å². The monoisotopic (exact) mass is 283 g/mol. The van der Waals surface area contributed by atoms with Gasteiger partial charge in [-0.05, 0) is 36.2 Å². The molecule has 0 heterocycles. The molecule has 3 N–H and O–H groups in total. The molecule has 0 fully saturated rings. The van der Waals surface area contributed by atoms with Crippen LogP contribution in [0.5, 0.6) is 0 Å². The highest BCUT2D eigenvalue weighted by Crippen LogP contribution is 2.21. The number of amides is 1. The number of anilines is 2. The zero-order chi connectivity index (χ0) is 15.4. The van der Waals surface area contributed by atoms with Crippen molar-refractivity contribution in [1.82, 2.24) is 4.90 Å². The summed E-state index contributed by atoms with van der Waals surface area (Å²) >= 11 is 0. The molecule has 0 aliphatic rings. The van der Waals surface area contributed by atoms with E-state index in [1.54, 1.807) is 37.2 Å². The number of aryl methyl sites for hydroxylation is 1. The molecule has 1 amide bonds. The molecule has 0 unspecified atom stereocenters. The largest absolute Gasteiger partial charge is 0.399 e. The average Bonchev–Trinajstić information content (AvgIpc) is 2.46. The second-order valence-electron chi connectivity index (χ2n) is 5.28. The Balaban J connectivity index is 2.25. The predicted octanol–water partition coefficient (Wildman–Crippen LogP) is 2.89. The first kappa shape index (κ1) is 14.9. The highest BCUT2D eigenvalue weighted by atomic mass is 16.2. The van der Waals surface area contributed by atoms with E-state index in [2.05, 4.69) is 24.4 Å². The van der Waals surface area contributed by atoms with Gasteiger partial charge in [0, 0.05) is 32.0 Å². The molecule has 0 atom stereocenters. The first-order valence-corrected chi connectivity index (χ1v) is 6.88. The Morgan fingerprint density at radius 1 is 1.19 bits per heavy atom. The lowest BCUT2D eigenvalue weighted by atomic mass is 10.1. The van der Waals surface area contributed by atoms with Crippen LogP contribution in [0, 0.1) is 6.92 Å². The molecule has 0 aliphatic carbocycles. The van der Waals surface area contributed by atoms with Gasteiger partial charge in [0.2, 0.25) is 0 Å². The zero-order valence-electron chi connectivity index (χ0n) is 12.7. The van der Waals surface area contributed by atoms with Crippen LogP contribution in [-0.2, 0) is 6.54 Å². The zero-order valence-corrected chi connectivity index (χ0v) is 12.7. The Hall–Kier alpha value is -2.49. The van der Waals surface area contributed by atoms with Crippen molar-refractivity contribution in [2.75, 3.05) is 25.1 Å². The number of rotatable bonds is 4. The molecule has 4 nitrogen and oxygen atoms in total. The molecule has 0 aliphatic heterocycles. The van der Waals surface area contributed by atoms with E-state index in [1.807, 2.05) is 12.1 Å². The van der Waals surface area contributed by atoms with Gasteiger partial charge in [-0.25, -0.2) is 0 Å². The lowest BCUT2D eigenvalue weighted by molar-refractivity contribution is 0.0828. The number of hydrogen-bond acceptors (Lipinski definition) is 3. The predicted molar refractivity (Wildman–Crippen MR) is 87.4 cm³/mol. The Morgan fingerprint density at radius 3 is 2.57 bits per heavy atom. The fourth-order valence-electron chi connectivity index (χ4n) is 2.13. The van der Waals surface area contributed by atoms with E-state index in [9.17, 15) is 4.79 Å². The maximum atomic E-state index is 12.2. The summed E-state index contributed by atoms with van der Waals surface area (Å²) in [5.41, 5.74) is 10.3. The summed E-state index contributed by atoms with van der Waals surface area (Å²) in [5.74, 6) is -0.0396. The summed E-state index contributed by atoms with van der Waals surface area (Å²) in [6.07, 6.45) is 0. The second kappa shape index (κ2) is 6.31. The van der Waals surface area contributed by atoms with Gasteiger partial charge >= 0.3 is 0 Å². The molecule has 0 spiro atoms. The SMILES string of the molecule is Cc1ccccc1CNc1cc(N)ccc1C(=O)N(C)C. The quantitative estimate of drug-likeness (QED) is 0.848. The molecular weight excluding hydrogens is 262 g/mol. The van der Waals surface area contributed by atoms with Gasteiger partial charge in [-0.1, -0.05) is 24.3 Å². The normalized spacial score (nSPS) is 10.2. The van der Waals surface area contributed by atoms with Gasteiger partial charge in [0.15, 0.2) is 0 Å². The maximum Gasteiger partial charge on any atom is 0.255 e. The topological polar surface area (TPSA) is 58.4 Å². The van der Waals surface area contributed by atoms with E-state index >= 15 is 0 Å². The van der Waals surface area contributed by atoms with E-state index in [1.165, 1.54) is 11.1 Å². The third kappa shape index (κ3) is 3.54. The Morgan fingerprint density at radius 2 is 1.90 bits per heavy atom. The molecule has 110 valence electrons. The lowest BCUT2D eigenvalue weighted by Crippen LogP contribution is -2.23. The van der Waals surface area contributed by atoms with Crippen LogP contribution in [-0.4, -0.2) is 24.9 Å². The maximum absolute atomic E-state index is 12.2. The van der Waals surface area contributed by atoms with Crippen LogP contribution in [0.2, 0.25) is 0 Å². The molecule has 2 aromatic rings. The van der Waals surface area contributed by atoms with Crippen LogP contribution in [0.15, 0.2) is 42.5 Å². The average molecular weight is 283 g/mol. The molecule has 2 rings (SSSR count). The van der Waals surface area contributed by atoms with Gasteiger partial charge < -0.3 is 16.0 Å². The first-order chi connectivity index (χ1) is 9.99. The van der Waals surface area contributed by atoms with Crippen molar-refractivity contribution in [1.29, 1.82) is 0 Å². The Kier molecular flexibility index (Phi) is 4.48. The number of nitrogen functional groups attached to an aromatic ring is 1. The van der Waals surface area contributed by atoms with E-state index < -0.39 is 0 Å². The minimum absolute atomic E-state index is 0.0396. The smallest absolute Gasteiger partial charge is 0.255 e. The summed E-state index contributed by atoms with van der Waals surface area (Å²) < 4.78 is 0. The van der Waals surface area contributed by atoms with E-state index in [0.29, 0.717) is 17.8 Å². The highest BCUT2D eigenvalue weighted by Gasteiger charge is 2.13. The minimum Gasteiger partial charge on any atom is -0.399 e. The molecule has 0 saturated carbocycles. The minimum atomic E-state index is -0.0396. The third-order valence-corrected chi connectivity index (χ3v) is 3.41. The van der Waals surface area contributed by atoms with Gasteiger partial charge in [-0.2, -0.15) is 0 Å². The van der Waals surface area contributed by atoms with E-state index in [4.69, 9.17) is 5.73 Å². The van der Waals surface area contributed by atoms with Crippen LogP contribution < -0.4 is 11.1 Å². The van der Waals surface area contributed by atoms with Gasteiger partial charge in [0.1, 0.15) is 0 Å². The van der Waals surface area contributed by atoms with Crippen LogP contribution >= 0.6 is 0 Å². The highest BCUT2D eigenvalue weighted by molar-refractivity contribution is 6.00. The molecule has 2 aromatic carbocycles. The van der Waals surface area contributed by atoms with E-state index in [-0.39, 0.29) is 5.91 Å². The number of nitrogens with two attached hydrogens (primary N) is 1. The molecule has 0 bridgehead atoms. The van der Waals surface area contributed by atoms with Crippen molar-refractivity contribution in [2.45, 2.75) is 13.5 Å². The lowest BCUT2D eigenvalue weighted by Gasteiger charge is -2.16. The number of hydrogen-bond donors (Lipinski definition) is 2. The van der Waals surface area contributed by atoms with Gasteiger partial charge in [0.25, 0.3) is 5.91 Å². The van der Waals surface area contributed by atoms with Crippen LogP contribution in [0.25, 0.3) is 0 Å². The van der Waals surface area contributed by atoms with Crippen molar-refractivity contribution >= 4 is 17.3 Å². The summed E-state index contributed by atoms with van der Waals surface area (Å²) in [6, 6.07) is 13.5. The van der Waals surface area contributed by atoms with Crippen LogP contribution in [0.4, 0.5) is 11.4 Å². The summed E-state index contributed by atoms with van der Waals surface area (Å²) in [5, 5.41) is 3.32. The third-order valence-electron chi connectivity index (χ3n) is 3.41. The summed E-state index contributed by atoms with van der Waals surface area (Å²) in [6.45, 7) is 2.73. The molecule has 21 heavy (non-hydrogen) atoms. The van der Waals surface area contributed by atoms with E-state index in [0.717, 1.165) is 5.69 Å². The number of benzene rings is 2. The Bertz CT molecular complexity index is 650. The first-order valence-electron chi connectivity index (χ1n) is 6.88. The van der Waals surface area contributed by atoms with Gasteiger partial charge in [-0.3, -0.25) is 4.79 Å². The van der Waals surface area contributed by atoms with Crippen molar-refractivity contribution in [3.8, 4) is 0 Å². The fraction of sp³-hybridized carbons (Fsp3) is 0.235. The molecule has 4 heteroatoms. The number of carbonyl (C=O) groups is 1. The molecular formula is C17H21N3O. The molecule has 0 saturated heterocycles. The Labute approximate surface area is 125 Å². The standard InChI is InChI=1S/C17H21N3O/c1-12-6-4-5-7-13(12)11-19-16-10-14(18)8-9-15(16)17(21)20(2)3/h4-10,19H,11,18H2,1-3H3. The van der Waals surface area contributed by atoms with Crippen LogP contribution in [0.1, 0.15) is 21.5 Å². The summed E-state index contributed by atoms with van der Waals surface area (Å²) in [7, 11) is 3.48. The van der Waals surface area contributed by atoms with Gasteiger partial charge in [0.05, 0.1) is 5.56 Å². The second-order valence-corrected chi connectivity index (χ2v) is 5.28. The number of nitrogens with zero attached hydrogens (tertiary/aromatic N) is 1.